The fourth-order valence-corrected chi connectivity index (χ4v) is 1.84. The minimum absolute atomic E-state index is 0.220. The Hall–Kier alpha value is -2.03. The maximum atomic E-state index is 13.0. The van der Waals surface area contributed by atoms with E-state index in [9.17, 15) is 4.39 Å². The Kier molecular flexibility index (Phi) is 3.51. The maximum absolute atomic E-state index is 13.0. The predicted octanol–water partition coefficient (Wildman–Crippen LogP) is 3.64. The van der Waals surface area contributed by atoms with Crippen LogP contribution < -0.4 is 11.1 Å². The molecule has 3 heteroatoms. The van der Waals surface area contributed by atoms with E-state index in [1.807, 2.05) is 32.0 Å². The van der Waals surface area contributed by atoms with E-state index in [4.69, 9.17) is 5.73 Å². The molecular weight excluding hydrogens is 227 g/mol. The number of anilines is 2. The summed E-state index contributed by atoms with van der Waals surface area (Å²) in [5.41, 5.74) is 10.8. The minimum atomic E-state index is -0.220. The van der Waals surface area contributed by atoms with Crippen LogP contribution >= 0.6 is 0 Å². The molecule has 2 aromatic carbocycles. The van der Waals surface area contributed by atoms with Crippen molar-refractivity contribution in [3.63, 3.8) is 0 Å². The van der Waals surface area contributed by atoms with Gasteiger partial charge in [0.1, 0.15) is 5.82 Å². The second-order valence-electron chi connectivity index (χ2n) is 4.51. The SMILES string of the molecule is Cc1cc(N)c(NCc2cccc(F)c2)cc1C. The number of hydrogen-bond acceptors (Lipinski definition) is 2. The van der Waals surface area contributed by atoms with Gasteiger partial charge >= 0.3 is 0 Å². The van der Waals surface area contributed by atoms with Gasteiger partial charge in [0, 0.05) is 6.54 Å². The van der Waals surface area contributed by atoms with Crippen molar-refractivity contribution in [2.24, 2.45) is 0 Å². The van der Waals surface area contributed by atoms with Crippen LogP contribution in [0.1, 0.15) is 16.7 Å². The Balaban J connectivity index is 2.13. The Morgan fingerprint density at radius 3 is 2.56 bits per heavy atom. The van der Waals surface area contributed by atoms with E-state index in [0.29, 0.717) is 6.54 Å². The van der Waals surface area contributed by atoms with Gasteiger partial charge in [-0.05, 0) is 54.8 Å². The molecule has 0 unspecified atom stereocenters. The average molecular weight is 244 g/mol. The quantitative estimate of drug-likeness (QED) is 0.809. The summed E-state index contributed by atoms with van der Waals surface area (Å²) in [4.78, 5) is 0. The van der Waals surface area contributed by atoms with Gasteiger partial charge in [0.05, 0.1) is 11.4 Å². The third-order valence-electron chi connectivity index (χ3n) is 3.04. The zero-order chi connectivity index (χ0) is 13.1. The van der Waals surface area contributed by atoms with E-state index in [1.54, 1.807) is 6.07 Å². The lowest BCUT2D eigenvalue weighted by Gasteiger charge is -2.12. The zero-order valence-electron chi connectivity index (χ0n) is 10.6. The van der Waals surface area contributed by atoms with Gasteiger partial charge < -0.3 is 11.1 Å². The number of hydrogen-bond donors (Lipinski definition) is 2. The van der Waals surface area contributed by atoms with Crippen LogP contribution in [-0.2, 0) is 6.54 Å². The van der Waals surface area contributed by atoms with E-state index >= 15 is 0 Å². The second-order valence-corrected chi connectivity index (χ2v) is 4.51. The highest BCUT2D eigenvalue weighted by atomic mass is 19.1. The number of nitrogens with one attached hydrogen (secondary N) is 1. The Labute approximate surface area is 107 Å². The van der Waals surface area contributed by atoms with Crippen LogP contribution in [-0.4, -0.2) is 0 Å². The van der Waals surface area contributed by atoms with Crippen molar-refractivity contribution in [1.29, 1.82) is 0 Å². The van der Waals surface area contributed by atoms with Crippen LogP contribution in [0.25, 0.3) is 0 Å². The third-order valence-corrected chi connectivity index (χ3v) is 3.04. The second kappa shape index (κ2) is 5.08. The molecule has 0 spiro atoms. The van der Waals surface area contributed by atoms with Gasteiger partial charge in [0.25, 0.3) is 0 Å². The lowest BCUT2D eigenvalue weighted by atomic mass is 10.1. The van der Waals surface area contributed by atoms with E-state index in [-0.39, 0.29) is 5.82 Å². The molecule has 0 saturated carbocycles. The van der Waals surface area contributed by atoms with Crippen molar-refractivity contribution in [3.8, 4) is 0 Å². The van der Waals surface area contributed by atoms with Gasteiger partial charge in [-0.2, -0.15) is 0 Å². The van der Waals surface area contributed by atoms with Crippen molar-refractivity contribution in [1.82, 2.24) is 0 Å². The average Bonchev–Trinajstić information content (AvgIpc) is 2.32. The van der Waals surface area contributed by atoms with Crippen molar-refractivity contribution in [2.45, 2.75) is 20.4 Å². The molecule has 0 atom stereocenters. The van der Waals surface area contributed by atoms with Crippen molar-refractivity contribution < 1.29 is 4.39 Å². The van der Waals surface area contributed by atoms with Gasteiger partial charge in [-0.25, -0.2) is 4.39 Å². The van der Waals surface area contributed by atoms with Crippen LogP contribution in [0, 0.1) is 19.7 Å². The molecule has 0 saturated heterocycles. The lowest BCUT2D eigenvalue weighted by Crippen LogP contribution is -2.03. The van der Waals surface area contributed by atoms with Crippen LogP contribution in [0.4, 0.5) is 15.8 Å². The van der Waals surface area contributed by atoms with Crippen LogP contribution in [0.5, 0.6) is 0 Å². The molecule has 2 nitrogen and oxygen atoms in total. The number of nitrogen functional groups attached to an aromatic ring is 1. The van der Waals surface area contributed by atoms with Crippen LogP contribution in [0.3, 0.4) is 0 Å². The molecule has 0 aliphatic heterocycles. The molecule has 2 aromatic rings. The van der Waals surface area contributed by atoms with E-state index in [1.165, 1.54) is 23.3 Å². The highest BCUT2D eigenvalue weighted by Crippen LogP contribution is 2.23. The first-order chi connectivity index (χ1) is 8.56. The summed E-state index contributed by atoms with van der Waals surface area (Å²) in [6.45, 7) is 4.63. The van der Waals surface area contributed by atoms with Gasteiger partial charge in [0.2, 0.25) is 0 Å². The predicted molar refractivity (Wildman–Crippen MR) is 74.1 cm³/mol. The number of aryl methyl sites for hydroxylation is 2. The highest BCUT2D eigenvalue weighted by Gasteiger charge is 2.02. The van der Waals surface area contributed by atoms with Gasteiger partial charge in [-0.15, -0.1) is 0 Å². The Morgan fingerprint density at radius 1 is 1.11 bits per heavy atom. The van der Waals surface area contributed by atoms with Crippen LogP contribution in [0.15, 0.2) is 36.4 Å². The summed E-state index contributed by atoms with van der Waals surface area (Å²) < 4.78 is 13.0. The van der Waals surface area contributed by atoms with Gasteiger partial charge in [-0.1, -0.05) is 12.1 Å². The minimum Gasteiger partial charge on any atom is -0.397 e. The molecule has 0 fully saturated rings. The van der Waals surface area contributed by atoms with Crippen molar-refractivity contribution in [2.75, 3.05) is 11.1 Å². The number of halogens is 1. The summed E-state index contributed by atoms with van der Waals surface area (Å²) in [5, 5.41) is 3.23. The maximum Gasteiger partial charge on any atom is 0.123 e. The molecule has 94 valence electrons. The molecule has 0 bridgehead atoms. The highest BCUT2D eigenvalue weighted by molar-refractivity contribution is 5.68. The topological polar surface area (TPSA) is 38.0 Å². The fraction of sp³-hybridized carbons (Fsp3) is 0.200. The molecule has 0 aromatic heterocycles. The summed E-state index contributed by atoms with van der Waals surface area (Å²) in [6.07, 6.45) is 0. The normalized spacial score (nSPS) is 10.4. The first kappa shape index (κ1) is 12.4. The van der Waals surface area contributed by atoms with E-state index in [0.717, 1.165) is 16.9 Å². The summed E-state index contributed by atoms with van der Waals surface area (Å²) >= 11 is 0. The van der Waals surface area contributed by atoms with Crippen molar-refractivity contribution in [3.05, 3.63) is 58.9 Å². The smallest absolute Gasteiger partial charge is 0.123 e. The molecule has 0 aliphatic carbocycles. The number of benzene rings is 2. The summed E-state index contributed by atoms with van der Waals surface area (Å²) in [6, 6.07) is 10.5. The van der Waals surface area contributed by atoms with E-state index in [2.05, 4.69) is 5.32 Å². The lowest BCUT2D eigenvalue weighted by molar-refractivity contribution is 0.626. The molecule has 0 radical (unpaired) electrons. The Morgan fingerprint density at radius 2 is 1.83 bits per heavy atom. The third kappa shape index (κ3) is 2.80. The number of nitrogens with two attached hydrogens (primary N) is 1. The fourth-order valence-electron chi connectivity index (χ4n) is 1.84. The Bertz CT molecular complexity index is 564. The molecule has 3 N–H and O–H groups in total. The zero-order valence-corrected chi connectivity index (χ0v) is 10.6. The summed E-state index contributed by atoms with van der Waals surface area (Å²) in [7, 11) is 0. The summed E-state index contributed by atoms with van der Waals surface area (Å²) in [5.74, 6) is -0.220. The molecule has 0 amide bonds. The first-order valence-electron chi connectivity index (χ1n) is 5.91. The van der Waals surface area contributed by atoms with E-state index < -0.39 is 0 Å². The standard InChI is InChI=1S/C15H17FN2/c1-10-6-14(17)15(7-11(10)2)18-9-12-4-3-5-13(16)8-12/h3-8,18H,9,17H2,1-2H3. The largest absolute Gasteiger partial charge is 0.397 e. The molecule has 0 aliphatic rings. The molecule has 0 heterocycles. The van der Waals surface area contributed by atoms with Gasteiger partial charge in [0.15, 0.2) is 0 Å². The van der Waals surface area contributed by atoms with Crippen LogP contribution in [0.2, 0.25) is 0 Å². The monoisotopic (exact) mass is 244 g/mol. The molecule has 2 rings (SSSR count). The molecule has 18 heavy (non-hydrogen) atoms. The number of rotatable bonds is 3. The van der Waals surface area contributed by atoms with Gasteiger partial charge in [-0.3, -0.25) is 0 Å². The molecular formula is C15H17FN2. The first-order valence-corrected chi connectivity index (χ1v) is 5.91. The van der Waals surface area contributed by atoms with Crippen molar-refractivity contribution >= 4 is 11.4 Å².